The van der Waals surface area contributed by atoms with Crippen LogP contribution in [0.2, 0.25) is 0 Å². The van der Waals surface area contributed by atoms with Crippen molar-refractivity contribution in [3.63, 3.8) is 0 Å². The molecule has 0 radical (unpaired) electrons. The first-order chi connectivity index (χ1) is 14.0. The molecule has 0 N–H and O–H groups in total. The van der Waals surface area contributed by atoms with E-state index in [1.807, 2.05) is 19.9 Å². The zero-order chi connectivity index (χ0) is 20.8. The molecule has 0 aliphatic carbocycles. The molecule has 6 nitrogen and oxygen atoms in total. The number of ether oxygens (including phenoxy) is 1. The summed E-state index contributed by atoms with van der Waals surface area (Å²) >= 11 is 3.32. The summed E-state index contributed by atoms with van der Waals surface area (Å²) in [5, 5.41) is 0. The molecule has 0 bridgehead atoms. The average molecular weight is 459 g/mol. The van der Waals surface area contributed by atoms with Gasteiger partial charge in [0.15, 0.2) is 5.82 Å². The van der Waals surface area contributed by atoms with E-state index in [0.717, 1.165) is 4.47 Å². The molecule has 0 spiro atoms. The third-order valence-electron chi connectivity index (χ3n) is 4.32. The lowest BCUT2D eigenvalue weighted by molar-refractivity contribution is 0.0646. The van der Waals surface area contributed by atoms with Gasteiger partial charge in [-0.2, -0.15) is 0 Å². The van der Waals surface area contributed by atoms with Crippen LogP contribution >= 0.6 is 15.9 Å². The fourth-order valence-electron chi connectivity index (χ4n) is 2.88. The minimum absolute atomic E-state index is 0.215. The molecule has 3 aromatic rings. The van der Waals surface area contributed by atoms with Crippen molar-refractivity contribution in [1.82, 2.24) is 19.9 Å². The number of halogens is 2. The highest BCUT2D eigenvalue weighted by atomic mass is 79.9. The van der Waals surface area contributed by atoms with E-state index in [2.05, 4.69) is 30.9 Å². The summed E-state index contributed by atoms with van der Waals surface area (Å²) < 4.78 is 20.5. The number of amides is 1. The number of carbonyl (C=O) groups is 1. The number of benzene rings is 1. The predicted molar refractivity (Wildman–Crippen MR) is 111 cm³/mol. The van der Waals surface area contributed by atoms with Gasteiger partial charge in [-0.25, -0.2) is 19.3 Å². The van der Waals surface area contributed by atoms with E-state index >= 15 is 0 Å². The van der Waals surface area contributed by atoms with E-state index in [0.29, 0.717) is 23.8 Å². The highest BCUT2D eigenvalue weighted by Gasteiger charge is 2.24. The Kier molecular flexibility index (Phi) is 6.87. The molecule has 1 aromatic carbocycles. The van der Waals surface area contributed by atoms with E-state index in [1.165, 1.54) is 18.2 Å². The van der Waals surface area contributed by atoms with Gasteiger partial charge in [0.2, 0.25) is 5.88 Å². The molecule has 1 amide bonds. The molecule has 2 aromatic heterocycles. The van der Waals surface area contributed by atoms with Crippen LogP contribution in [0.15, 0.2) is 59.5 Å². The maximum absolute atomic E-state index is 13.9. The molecule has 2 heterocycles. The third kappa shape index (κ3) is 5.14. The quantitative estimate of drug-likeness (QED) is 0.525. The molecule has 3 rings (SSSR count). The van der Waals surface area contributed by atoms with Crippen LogP contribution < -0.4 is 4.74 Å². The maximum atomic E-state index is 13.9. The SMILES string of the molecule is CCN(C(=O)c1cc(F)ccc1-c1ncccn1)C(C)COc1ccc(Br)cn1. The van der Waals surface area contributed by atoms with Crippen LogP contribution in [0.25, 0.3) is 11.4 Å². The number of nitrogens with zero attached hydrogens (tertiary/aromatic N) is 4. The van der Waals surface area contributed by atoms with Crippen molar-refractivity contribution in [3.8, 4) is 17.3 Å². The third-order valence-corrected chi connectivity index (χ3v) is 4.79. The zero-order valence-electron chi connectivity index (χ0n) is 16.0. The second kappa shape index (κ2) is 9.56. The molecular weight excluding hydrogens is 439 g/mol. The second-order valence-corrected chi connectivity index (χ2v) is 7.24. The lowest BCUT2D eigenvalue weighted by atomic mass is 10.0. The lowest BCUT2D eigenvalue weighted by Crippen LogP contribution is -2.42. The Morgan fingerprint density at radius 3 is 2.62 bits per heavy atom. The van der Waals surface area contributed by atoms with Crippen molar-refractivity contribution >= 4 is 21.8 Å². The van der Waals surface area contributed by atoms with Crippen LogP contribution in [0.3, 0.4) is 0 Å². The maximum Gasteiger partial charge on any atom is 0.255 e. The van der Waals surface area contributed by atoms with E-state index in [-0.39, 0.29) is 24.1 Å². The molecule has 0 aliphatic heterocycles. The summed E-state index contributed by atoms with van der Waals surface area (Å²) in [4.78, 5) is 27.4. The van der Waals surface area contributed by atoms with Crippen LogP contribution in [-0.2, 0) is 0 Å². The number of rotatable bonds is 7. The minimum Gasteiger partial charge on any atom is -0.475 e. The van der Waals surface area contributed by atoms with E-state index in [9.17, 15) is 9.18 Å². The number of likely N-dealkylation sites (N-methyl/N-ethyl adjacent to an activating group) is 1. The van der Waals surface area contributed by atoms with E-state index in [1.54, 1.807) is 35.6 Å². The molecule has 0 saturated heterocycles. The number of aromatic nitrogens is 3. The van der Waals surface area contributed by atoms with Crippen molar-refractivity contribution in [1.29, 1.82) is 0 Å². The summed E-state index contributed by atoms with van der Waals surface area (Å²) in [6.45, 7) is 4.42. The van der Waals surface area contributed by atoms with Gasteiger partial charge < -0.3 is 9.64 Å². The monoisotopic (exact) mass is 458 g/mol. The predicted octanol–water partition coefficient (Wildman–Crippen LogP) is 4.37. The van der Waals surface area contributed by atoms with Crippen LogP contribution in [0, 0.1) is 5.82 Å². The fraction of sp³-hybridized carbons (Fsp3) is 0.238. The topological polar surface area (TPSA) is 68.2 Å². The fourth-order valence-corrected chi connectivity index (χ4v) is 3.11. The Bertz CT molecular complexity index is 970. The molecule has 0 aliphatic rings. The molecule has 1 unspecified atom stereocenters. The van der Waals surface area contributed by atoms with Crippen molar-refractivity contribution in [2.75, 3.05) is 13.2 Å². The van der Waals surface area contributed by atoms with Gasteiger partial charge in [0.05, 0.1) is 11.6 Å². The van der Waals surface area contributed by atoms with Crippen molar-refractivity contribution in [2.45, 2.75) is 19.9 Å². The number of hydrogen-bond donors (Lipinski definition) is 0. The first-order valence-corrected chi connectivity index (χ1v) is 9.91. The molecule has 29 heavy (non-hydrogen) atoms. The van der Waals surface area contributed by atoms with Crippen LogP contribution in [0.4, 0.5) is 4.39 Å². The van der Waals surface area contributed by atoms with Crippen molar-refractivity contribution in [3.05, 3.63) is 70.8 Å². The van der Waals surface area contributed by atoms with Gasteiger partial charge in [0.1, 0.15) is 12.4 Å². The van der Waals surface area contributed by atoms with E-state index in [4.69, 9.17) is 4.74 Å². The lowest BCUT2D eigenvalue weighted by Gasteiger charge is -2.28. The Labute approximate surface area is 176 Å². The number of hydrogen-bond acceptors (Lipinski definition) is 5. The van der Waals surface area contributed by atoms with E-state index < -0.39 is 5.82 Å². The van der Waals surface area contributed by atoms with Crippen LogP contribution in [-0.4, -0.2) is 45.0 Å². The molecule has 1 atom stereocenters. The van der Waals surface area contributed by atoms with Gasteiger partial charge in [-0.3, -0.25) is 4.79 Å². The average Bonchev–Trinajstić information content (AvgIpc) is 2.74. The molecule has 8 heteroatoms. The van der Waals surface area contributed by atoms with Crippen LogP contribution in [0.5, 0.6) is 5.88 Å². The summed E-state index contributed by atoms with van der Waals surface area (Å²) in [7, 11) is 0. The first-order valence-electron chi connectivity index (χ1n) is 9.12. The molecular formula is C21H20BrFN4O2. The molecule has 0 saturated carbocycles. The van der Waals surface area contributed by atoms with Crippen LogP contribution in [0.1, 0.15) is 24.2 Å². The second-order valence-electron chi connectivity index (χ2n) is 6.33. The van der Waals surface area contributed by atoms with Crippen molar-refractivity contribution in [2.24, 2.45) is 0 Å². The molecule has 0 fully saturated rings. The smallest absolute Gasteiger partial charge is 0.255 e. The van der Waals surface area contributed by atoms with Gasteiger partial charge in [-0.05, 0) is 60.1 Å². The normalized spacial score (nSPS) is 11.7. The van der Waals surface area contributed by atoms with Gasteiger partial charge in [-0.1, -0.05) is 0 Å². The standard InChI is InChI=1S/C21H20BrFN4O2/c1-3-27(14(2)13-29-19-8-5-15(22)12-26-19)21(28)18-11-16(23)6-7-17(18)20-24-9-4-10-25-20/h4-12,14H,3,13H2,1-2H3. The highest BCUT2D eigenvalue weighted by molar-refractivity contribution is 9.10. The summed E-state index contributed by atoms with van der Waals surface area (Å²) in [6, 6.07) is 9.04. The van der Waals surface area contributed by atoms with Gasteiger partial charge in [0, 0.05) is 41.2 Å². The summed E-state index contributed by atoms with van der Waals surface area (Å²) in [5.74, 6) is 0.0314. The first kappa shape index (κ1) is 20.9. The summed E-state index contributed by atoms with van der Waals surface area (Å²) in [6.07, 6.45) is 4.81. The largest absolute Gasteiger partial charge is 0.475 e. The zero-order valence-corrected chi connectivity index (χ0v) is 17.6. The number of carbonyl (C=O) groups excluding carboxylic acids is 1. The summed E-state index contributed by atoms with van der Waals surface area (Å²) in [5.41, 5.74) is 0.699. The van der Waals surface area contributed by atoms with Crippen molar-refractivity contribution < 1.29 is 13.9 Å². The van der Waals surface area contributed by atoms with Gasteiger partial charge in [-0.15, -0.1) is 0 Å². The Balaban J connectivity index is 1.81. The Hall–Kier alpha value is -2.87. The minimum atomic E-state index is -0.493. The Morgan fingerprint density at radius 1 is 1.21 bits per heavy atom. The van der Waals surface area contributed by atoms with Gasteiger partial charge in [0.25, 0.3) is 5.91 Å². The highest BCUT2D eigenvalue weighted by Crippen LogP contribution is 2.23. The number of pyridine rings is 1. The Morgan fingerprint density at radius 2 is 1.97 bits per heavy atom. The van der Waals surface area contributed by atoms with Gasteiger partial charge >= 0.3 is 0 Å². The molecule has 150 valence electrons.